The summed E-state index contributed by atoms with van der Waals surface area (Å²) in [7, 11) is 6.11. The van der Waals surface area contributed by atoms with Crippen LogP contribution in [0.5, 0.6) is 0 Å². The van der Waals surface area contributed by atoms with Gasteiger partial charge in [-0.3, -0.25) is 9.88 Å². The minimum absolute atomic E-state index is 0.106. The SMILES string of the molecule is CN(C)CCN(C)[C@H]1[C@@H]2OC[C@@H](O2)[C@@H](NCc2ccncc2)[C@@H]1O. The molecule has 2 bridgehead atoms. The van der Waals surface area contributed by atoms with E-state index in [9.17, 15) is 5.11 Å². The highest BCUT2D eigenvalue weighted by atomic mass is 16.7. The second-order valence-electron chi connectivity index (χ2n) is 6.90. The quantitative estimate of drug-likeness (QED) is 0.697. The number of likely N-dealkylation sites (N-methyl/N-ethyl adjacent to an activating group) is 2. The smallest absolute Gasteiger partial charge is 0.176 e. The van der Waals surface area contributed by atoms with E-state index in [2.05, 4.69) is 20.1 Å². The van der Waals surface area contributed by atoms with E-state index in [1.165, 1.54) is 0 Å². The standard InChI is InChI=1S/C17H28N4O3/c1-20(2)8-9-21(3)15-16(22)14(13-11-23-17(15)24-13)19-10-12-4-6-18-7-5-12/h4-7,13-17,19,22H,8-11H2,1-3H3/t13-,14-,15-,16+,17-/m1/s1. The van der Waals surface area contributed by atoms with Gasteiger partial charge < -0.3 is 24.8 Å². The number of nitrogens with one attached hydrogen (secondary N) is 1. The lowest BCUT2D eigenvalue weighted by molar-refractivity contribution is -0.179. The van der Waals surface area contributed by atoms with Gasteiger partial charge in [0.2, 0.25) is 0 Å². The summed E-state index contributed by atoms with van der Waals surface area (Å²) in [6, 6.07) is 3.62. The Labute approximate surface area is 143 Å². The Kier molecular flexibility index (Phi) is 5.80. The predicted octanol–water partition coefficient (Wildman–Crippen LogP) is -0.482. The second-order valence-corrected chi connectivity index (χ2v) is 6.90. The van der Waals surface area contributed by atoms with Crippen LogP contribution in [0.2, 0.25) is 0 Å². The molecule has 2 aliphatic rings. The molecule has 0 spiro atoms. The van der Waals surface area contributed by atoms with E-state index >= 15 is 0 Å². The highest BCUT2D eigenvalue weighted by Gasteiger charge is 2.51. The van der Waals surface area contributed by atoms with Gasteiger partial charge in [0.25, 0.3) is 0 Å². The molecular formula is C17H28N4O3. The van der Waals surface area contributed by atoms with Crippen LogP contribution in [0, 0.1) is 0 Å². The van der Waals surface area contributed by atoms with Crippen molar-refractivity contribution in [2.24, 2.45) is 0 Å². The van der Waals surface area contributed by atoms with Crippen LogP contribution in [0.25, 0.3) is 0 Å². The third kappa shape index (κ3) is 3.93. The van der Waals surface area contributed by atoms with Gasteiger partial charge in [0.15, 0.2) is 6.29 Å². The van der Waals surface area contributed by atoms with E-state index in [-0.39, 0.29) is 24.5 Å². The molecular weight excluding hydrogens is 308 g/mol. The Morgan fingerprint density at radius 3 is 2.71 bits per heavy atom. The molecule has 0 unspecified atom stereocenters. The average molecular weight is 336 g/mol. The summed E-state index contributed by atoms with van der Waals surface area (Å²) in [5.41, 5.74) is 1.13. The van der Waals surface area contributed by atoms with Gasteiger partial charge >= 0.3 is 0 Å². The van der Waals surface area contributed by atoms with Crippen LogP contribution in [-0.2, 0) is 16.0 Å². The van der Waals surface area contributed by atoms with Gasteiger partial charge in [0.1, 0.15) is 6.10 Å². The van der Waals surface area contributed by atoms with Crippen molar-refractivity contribution < 1.29 is 14.6 Å². The van der Waals surface area contributed by atoms with Crippen molar-refractivity contribution in [3.63, 3.8) is 0 Å². The number of aromatic nitrogens is 1. The van der Waals surface area contributed by atoms with Gasteiger partial charge in [0, 0.05) is 32.0 Å². The number of fused-ring (bicyclic) bond motifs is 2. The molecule has 7 heteroatoms. The zero-order valence-electron chi connectivity index (χ0n) is 14.6. The zero-order valence-corrected chi connectivity index (χ0v) is 14.6. The fourth-order valence-electron chi connectivity index (χ4n) is 3.37. The molecule has 7 nitrogen and oxygen atoms in total. The Morgan fingerprint density at radius 2 is 2.00 bits per heavy atom. The monoisotopic (exact) mass is 336 g/mol. The second kappa shape index (κ2) is 7.86. The molecule has 2 aliphatic heterocycles. The van der Waals surface area contributed by atoms with Crippen LogP contribution in [-0.4, -0.2) is 91.3 Å². The summed E-state index contributed by atoms with van der Waals surface area (Å²) in [5, 5.41) is 14.4. The molecule has 0 amide bonds. The first-order valence-corrected chi connectivity index (χ1v) is 8.48. The number of pyridine rings is 1. The first kappa shape index (κ1) is 17.7. The van der Waals surface area contributed by atoms with Gasteiger partial charge in [-0.05, 0) is 38.8 Å². The molecule has 3 rings (SSSR count). The molecule has 134 valence electrons. The molecule has 24 heavy (non-hydrogen) atoms. The van der Waals surface area contributed by atoms with Crippen molar-refractivity contribution in [3.8, 4) is 0 Å². The largest absolute Gasteiger partial charge is 0.390 e. The number of aliphatic hydroxyl groups excluding tert-OH is 1. The van der Waals surface area contributed by atoms with Gasteiger partial charge in [0.05, 0.1) is 24.8 Å². The van der Waals surface area contributed by atoms with E-state index in [1.807, 2.05) is 33.3 Å². The lowest BCUT2D eigenvalue weighted by Crippen LogP contribution is -2.64. The van der Waals surface area contributed by atoms with Crippen molar-refractivity contribution in [3.05, 3.63) is 30.1 Å². The fourth-order valence-corrected chi connectivity index (χ4v) is 3.37. The number of ether oxygens (including phenoxy) is 2. The van der Waals surface area contributed by atoms with E-state index in [0.29, 0.717) is 13.2 Å². The van der Waals surface area contributed by atoms with E-state index in [0.717, 1.165) is 18.7 Å². The van der Waals surface area contributed by atoms with Gasteiger partial charge in [-0.2, -0.15) is 0 Å². The normalized spacial score (nSPS) is 32.7. The molecule has 2 N–H and O–H groups in total. The highest BCUT2D eigenvalue weighted by Crippen LogP contribution is 2.31. The third-order valence-electron chi connectivity index (χ3n) is 4.83. The maximum absolute atomic E-state index is 10.9. The fraction of sp³-hybridized carbons (Fsp3) is 0.706. The summed E-state index contributed by atoms with van der Waals surface area (Å²) in [4.78, 5) is 8.30. The molecule has 0 aromatic carbocycles. The number of hydrogen-bond acceptors (Lipinski definition) is 7. The average Bonchev–Trinajstić information content (AvgIpc) is 2.99. The molecule has 0 radical (unpaired) electrons. The first-order valence-electron chi connectivity index (χ1n) is 8.48. The van der Waals surface area contributed by atoms with Crippen LogP contribution in [0.4, 0.5) is 0 Å². The number of nitrogens with zero attached hydrogens (tertiary/aromatic N) is 3. The van der Waals surface area contributed by atoms with Gasteiger partial charge in [-0.15, -0.1) is 0 Å². The Balaban J connectivity index is 1.64. The summed E-state index contributed by atoms with van der Waals surface area (Å²) < 4.78 is 11.8. The summed E-state index contributed by atoms with van der Waals surface area (Å²) >= 11 is 0. The molecule has 2 fully saturated rings. The molecule has 3 heterocycles. The number of rotatable bonds is 7. The zero-order chi connectivity index (χ0) is 17.1. The molecule has 0 aliphatic carbocycles. The number of aliphatic hydroxyl groups is 1. The van der Waals surface area contributed by atoms with Crippen molar-refractivity contribution in [1.82, 2.24) is 20.1 Å². The van der Waals surface area contributed by atoms with Crippen molar-refractivity contribution in [2.75, 3.05) is 40.8 Å². The number of hydrogen-bond donors (Lipinski definition) is 2. The van der Waals surface area contributed by atoms with Crippen molar-refractivity contribution in [2.45, 2.75) is 37.1 Å². The Hall–Kier alpha value is -1.09. The van der Waals surface area contributed by atoms with Gasteiger partial charge in [-0.25, -0.2) is 0 Å². The lowest BCUT2D eigenvalue weighted by atomic mass is 9.95. The molecule has 1 aromatic heterocycles. The minimum Gasteiger partial charge on any atom is -0.390 e. The maximum atomic E-state index is 10.9. The molecule has 1 aromatic rings. The Morgan fingerprint density at radius 1 is 1.25 bits per heavy atom. The van der Waals surface area contributed by atoms with Gasteiger partial charge in [-0.1, -0.05) is 0 Å². The van der Waals surface area contributed by atoms with Crippen LogP contribution in [0.1, 0.15) is 5.56 Å². The lowest BCUT2D eigenvalue weighted by Gasteiger charge is -2.43. The summed E-state index contributed by atoms with van der Waals surface area (Å²) in [5.74, 6) is 0. The molecule has 0 saturated carbocycles. The molecule has 2 saturated heterocycles. The predicted molar refractivity (Wildman–Crippen MR) is 90.5 cm³/mol. The summed E-state index contributed by atoms with van der Waals surface area (Å²) in [6.45, 7) is 2.96. The van der Waals surface area contributed by atoms with Crippen LogP contribution in [0.3, 0.4) is 0 Å². The Bertz CT molecular complexity index is 516. The van der Waals surface area contributed by atoms with Crippen LogP contribution in [0.15, 0.2) is 24.5 Å². The van der Waals surface area contributed by atoms with E-state index in [4.69, 9.17) is 9.47 Å². The van der Waals surface area contributed by atoms with Crippen LogP contribution < -0.4 is 5.32 Å². The van der Waals surface area contributed by atoms with Crippen molar-refractivity contribution >= 4 is 0 Å². The van der Waals surface area contributed by atoms with Crippen molar-refractivity contribution in [1.29, 1.82) is 0 Å². The first-order chi connectivity index (χ1) is 11.6. The highest BCUT2D eigenvalue weighted by molar-refractivity contribution is 5.10. The third-order valence-corrected chi connectivity index (χ3v) is 4.83. The minimum atomic E-state index is -0.537. The molecule has 5 atom stereocenters. The maximum Gasteiger partial charge on any atom is 0.176 e. The topological polar surface area (TPSA) is 70.1 Å². The van der Waals surface area contributed by atoms with E-state index < -0.39 is 6.10 Å². The van der Waals surface area contributed by atoms with E-state index in [1.54, 1.807) is 12.4 Å². The summed E-state index contributed by atoms with van der Waals surface area (Å²) in [6.07, 6.45) is 2.56. The van der Waals surface area contributed by atoms with Crippen LogP contribution >= 0.6 is 0 Å².